The maximum absolute atomic E-state index is 13.1. The Hall–Kier alpha value is -1.42. The van der Waals surface area contributed by atoms with E-state index in [-0.39, 0.29) is 24.1 Å². The molecule has 0 saturated carbocycles. The van der Waals surface area contributed by atoms with E-state index in [1.165, 1.54) is 25.3 Å². The summed E-state index contributed by atoms with van der Waals surface area (Å²) >= 11 is 0. The molecule has 0 aliphatic heterocycles. The van der Waals surface area contributed by atoms with Crippen molar-refractivity contribution in [2.24, 2.45) is 0 Å². The summed E-state index contributed by atoms with van der Waals surface area (Å²) in [6, 6.07) is 3.88. The van der Waals surface area contributed by atoms with Gasteiger partial charge in [0.2, 0.25) is 0 Å². The first-order chi connectivity index (χ1) is 8.58. The smallest absolute Gasteiger partial charge is 0.192 e. The molecule has 1 rings (SSSR count). The molecule has 0 aromatic heterocycles. The molecular weight excluding hydrogens is 235 g/mol. The molecule has 100 valence electrons. The van der Waals surface area contributed by atoms with E-state index in [2.05, 4.69) is 6.92 Å². The number of benzene rings is 1. The minimum Gasteiger partial charge on any atom is -0.496 e. The Morgan fingerprint density at radius 3 is 2.78 bits per heavy atom. The third-order valence-electron chi connectivity index (χ3n) is 2.66. The highest BCUT2D eigenvalue weighted by atomic mass is 19.1. The van der Waals surface area contributed by atoms with Gasteiger partial charge < -0.3 is 9.47 Å². The molecule has 0 radical (unpaired) electrons. The predicted molar refractivity (Wildman–Crippen MR) is 67.6 cm³/mol. The van der Waals surface area contributed by atoms with Gasteiger partial charge >= 0.3 is 0 Å². The number of carbonyl (C=O) groups excluding carboxylic acids is 1. The molecule has 0 heterocycles. The molecule has 0 amide bonds. The number of ether oxygens (including phenoxy) is 2. The normalized spacial score (nSPS) is 12.2. The van der Waals surface area contributed by atoms with Crippen LogP contribution in [0.5, 0.6) is 5.75 Å². The predicted octanol–water partition coefficient (Wildman–Crippen LogP) is 3.22. The maximum Gasteiger partial charge on any atom is 0.192 e. The summed E-state index contributed by atoms with van der Waals surface area (Å²) in [4.78, 5) is 11.9. The Balaban J connectivity index is 2.68. The van der Waals surface area contributed by atoms with Gasteiger partial charge in [0.1, 0.15) is 18.2 Å². The van der Waals surface area contributed by atoms with Gasteiger partial charge in [-0.05, 0) is 31.5 Å². The van der Waals surface area contributed by atoms with Crippen LogP contribution in [0.1, 0.15) is 37.0 Å². The van der Waals surface area contributed by atoms with Gasteiger partial charge in [-0.2, -0.15) is 0 Å². The van der Waals surface area contributed by atoms with Crippen molar-refractivity contribution in [3.05, 3.63) is 29.6 Å². The summed E-state index contributed by atoms with van der Waals surface area (Å²) in [5, 5.41) is 0. The highest BCUT2D eigenvalue weighted by molar-refractivity contribution is 5.99. The van der Waals surface area contributed by atoms with Gasteiger partial charge in [0.15, 0.2) is 5.78 Å². The molecule has 0 bridgehead atoms. The van der Waals surface area contributed by atoms with Crippen molar-refractivity contribution < 1.29 is 18.7 Å². The largest absolute Gasteiger partial charge is 0.496 e. The molecule has 0 fully saturated rings. The zero-order chi connectivity index (χ0) is 13.5. The van der Waals surface area contributed by atoms with Crippen molar-refractivity contribution in [3.63, 3.8) is 0 Å². The Morgan fingerprint density at radius 2 is 2.17 bits per heavy atom. The fourth-order valence-electron chi connectivity index (χ4n) is 1.68. The molecule has 0 aliphatic rings. The zero-order valence-corrected chi connectivity index (χ0v) is 11.0. The van der Waals surface area contributed by atoms with Gasteiger partial charge in [-0.25, -0.2) is 4.39 Å². The maximum atomic E-state index is 13.1. The summed E-state index contributed by atoms with van der Waals surface area (Å²) < 4.78 is 23.6. The number of hydrogen-bond acceptors (Lipinski definition) is 3. The Morgan fingerprint density at radius 1 is 1.44 bits per heavy atom. The molecule has 1 atom stereocenters. The van der Waals surface area contributed by atoms with Crippen molar-refractivity contribution in [2.45, 2.75) is 32.8 Å². The monoisotopic (exact) mass is 254 g/mol. The van der Waals surface area contributed by atoms with Gasteiger partial charge in [0, 0.05) is 0 Å². The van der Waals surface area contributed by atoms with Crippen LogP contribution in [0.25, 0.3) is 0 Å². The first-order valence-electron chi connectivity index (χ1n) is 6.06. The lowest BCUT2D eigenvalue weighted by Gasteiger charge is -2.12. The van der Waals surface area contributed by atoms with Crippen LogP contribution in [-0.2, 0) is 4.74 Å². The highest BCUT2D eigenvalue weighted by Crippen LogP contribution is 2.20. The third kappa shape index (κ3) is 4.11. The van der Waals surface area contributed by atoms with Crippen molar-refractivity contribution in [2.75, 3.05) is 13.7 Å². The van der Waals surface area contributed by atoms with Gasteiger partial charge in [-0.3, -0.25) is 4.79 Å². The van der Waals surface area contributed by atoms with Crippen LogP contribution < -0.4 is 4.74 Å². The number of halogens is 1. The average molecular weight is 254 g/mol. The highest BCUT2D eigenvalue weighted by Gasteiger charge is 2.14. The van der Waals surface area contributed by atoms with E-state index < -0.39 is 5.82 Å². The van der Waals surface area contributed by atoms with Gasteiger partial charge in [0.05, 0.1) is 18.8 Å². The van der Waals surface area contributed by atoms with Gasteiger partial charge in [0.25, 0.3) is 0 Å². The molecular formula is C14H19FO3. The topological polar surface area (TPSA) is 35.5 Å². The van der Waals surface area contributed by atoms with Gasteiger partial charge in [-0.1, -0.05) is 13.3 Å². The van der Waals surface area contributed by atoms with Crippen LogP contribution in [-0.4, -0.2) is 25.6 Å². The molecule has 0 N–H and O–H groups in total. The Bertz CT molecular complexity index is 404. The Labute approximate surface area is 107 Å². The number of methoxy groups -OCH3 is 1. The lowest BCUT2D eigenvalue weighted by molar-refractivity contribution is 0.0488. The van der Waals surface area contributed by atoms with Crippen molar-refractivity contribution in [1.82, 2.24) is 0 Å². The van der Waals surface area contributed by atoms with Crippen LogP contribution in [0.4, 0.5) is 4.39 Å². The number of Topliss-reactive ketones (excluding diaryl/α,β-unsaturated/α-hetero) is 1. The summed E-state index contributed by atoms with van der Waals surface area (Å²) in [6.45, 7) is 3.91. The second-order valence-corrected chi connectivity index (χ2v) is 4.18. The molecule has 1 aromatic carbocycles. The Kier molecular flexibility index (Phi) is 5.78. The fraction of sp³-hybridized carbons (Fsp3) is 0.500. The van der Waals surface area contributed by atoms with Crippen molar-refractivity contribution in [3.8, 4) is 5.75 Å². The molecule has 0 aliphatic carbocycles. The number of rotatable bonds is 7. The lowest BCUT2D eigenvalue weighted by Crippen LogP contribution is -2.16. The molecule has 0 saturated heterocycles. The summed E-state index contributed by atoms with van der Waals surface area (Å²) in [6.07, 6.45) is 1.92. The molecule has 1 aromatic rings. The molecule has 18 heavy (non-hydrogen) atoms. The average Bonchev–Trinajstić information content (AvgIpc) is 2.36. The first kappa shape index (κ1) is 14.6. The SMILES string of the molecule is CCCC(C)OCC(=O)c1cc(F)ccc1OC. The van der Waals surface area contributed by atoms with E-state index in [9.17, 15) is 9.18 Å². The molecule has 0 spiro atoms. The number of carbonyl (C=O) groups is 1. The van der Waals surface area contributed by atoms with Crippen molar-refractivity contribution in [1.29, 1.82) is 0 Å². The lowest BCUT2D eigenvalue weighted by atomic mass is 10.1. The van der Waals surface area contributed by atoms with Crippen molar-refractivity contribution >= 4 is 5.78 Å². The molecule has 3 nitrogen and oxygen atoms in total. The number of hydrogen-bond donors (Lipinski definition) is 0. The molecule has 4 heteroatoms. The quantitative estimate of drug-likeness (QED) is 0.701. The van der Waals surface area contributed by atoms with E-state index >= 15 is 0 Å². The minimum absolute atomic E-state index is 0.0264. The van der Waals surface area contributed by atoms with E-state index in [1.807, 2.05) is 6.92 Å². The summed E-state index contributed by atoms with van der Waals surface area (Å²) in [5.41, 5.74) is 0.223. The van der Waals surface area contributed by atoms with E-state index in [0.717, 1.165) is 12.8 Å². The van der Waals surface area contributed by atoms with Crippen LogP contribution in [0.2, 0.25) is 0 Å². The van der Waals surface area contributed by atoms with E-state index in [1.54, 1.807) is 0 Å². The fourth-order valence-corrected chi connectivity index (χ4v) is 1.68. The van der Waals surface area contributed by atoms with Crippen LogP contribution in [0.15, 0.2) is 18.2 Å². The van der Waals surface area contributed by atoms with E-state index in [0.29, 0.717) is 5.75 Å². The second kappa shape index (κ2) is 7.11. The molecule has 1 unspecified atom stereocenters. The van der Waals surface area contributed by atoms with E-state index in [4.69, 9.17) is 9.47 Å². The van der Waals surface area contributed by atoms with Crippen LogP contribution in [0.3, 0.4) is 0 Å². The second-order valence-electron chi connectivity index (χ2n) is 4.18. The van der Waals surface area contributed by atoms with Gasteiger partial charge in [-0.15, -0.1) is 0 Å². The summed E-state index contributed by atoms with van der Waals surface area (Å²) in [7, 11) is 1.45. The standard InChI is InChI=1S/C14H19FO3/c1-4-5-10(2)18-9-13(16)12-8-11(15)6-7-14(12)17-3/h6-8,10H,4-5,9H2,1-3H3. The number of ketones is 1. The van der Waals surface area contributed by atoms with Crippen LogP contribution in [0, 0.1) is 5.82 Å². The zero-order valence-electron chi connectivity index (χ0n) is 11.0. The third-order valence-corrected chi connectivity index (χ3v) is 2.66. The minimum atomic E-state index is -0.458. The first-order valence-corrected chi connectivity index (χ1v) is 6.06. The summed E-state index contributed by atoms with van der Waals surface area (Å²) in [5.74, 6) is -0.358. The van der Waals surface area contributed by atoms with Crippen LogP contribution >= 0.6 is 0 Å².